The molecule has 0 radical (unpaired) electrons. The third-order valence-corrected chi connectivity index (χ3v) is 5.57. The molecule has 33 heavy (non-hydrogen) atoms. The fourth-order valence-electron chi connectivity index (χ4n) is 3.60. The van der Waals surface area contributed by atoms with Crippen LogP contribution in [0.2, 0.25) is 10.0 Å². The minimum absolute atomic E-state index is 0.156. The zero-order valence-corrected chi connectivity index (χ0v) is 18.8. The van der Waals surface area contributed by atoms with Crippen molar-refractivity contribution in [2.24, 2.45) is 0 Å². The Morgan fingerprint density at radius 2 is 1.33 bits per heavy atom. The van der Waals surface area contributed by atoms with Crippen LogP contribution >= 0.6 is 23.2 Å². The maximum absolute atomic E-state index is 6.37. The molecule has 0 aliphatic heterocycles. The lowest BCUT2D eigenvalue weighted by Gasteiger charge is -2.11. The number of benzene rings is 3. The summed E-state index contributed by atoms with van der Waals surface area (Å²) in [6.07, 6.45) is 0. The number of nitrogen functional groups attached to an aromatic ring is 2. The Hall–Kier alpha value is -3.87. The van der Waals surface area contributed by atoms with Crippen LogP contribution < -0.4 is 16.8 Å². The van der Waals surface area contributed by atoms with Gasteiger partial charge in [0.2, 0.25) is 5.95 Å². The molecule has 3 aromatic carbocycles. The Kier molecular flexibility index (Phi) is 5.46. The van der Waals surface area contributed by atoms with Crippen LogP contribution in [0.4, 0.5) is 23.1 Å². The molecule has 0 bridgehead atoms. The molecule has 0 fully saturated rings. The number of anilines is 4. The van der Waals surface area contributed by atoms with Crippen molar-refractivity contribution in [3.8, 4) is 22.5 Å². The monoisotopic (exact) mass is 472 g/mol. The van der Waals surface area contributed by atoms with E-state index < -0.39 is 0 Å². The minimum Gasteiger partial charge on any atom is -0.398 e. The summed E-state index contributed by atoms with van der Waals surface area (Å²) < 4.78 is 0. The smallest absolute Gasteiger partial charge is 0.222 e. The van der Waals surface area contributed by atoms with Crippen molar-refractivity contribution >= 4 is 57.2 Å². The number of nitrogens with two attached hydrogens (primary N) is 2. The Bertz CT molecular complexity index is 1500. The molecule has 8 heteroatoms. The molecule has 6 nitrogen and oxygen atoms in total. The van der Waals surface area contributed by atoms with Crippen molar-refractivity contribution in [3.63, 3.8) is 0 Å². The van der Waals surface area contributed by atoms with Crippen LogP contribution in [0.1, 0.15) is 0 Å². The molecule has 0 atom stereocenters. The number of hydrogen-bond donors (Lipinski definition) is 3. The highest BCUT2D eigenvalue weighted by atomic mass is 35.5. The summed E-state index contributed by atoms with van der Waals surface area (Å²) in [6, 6.07) is 24.3. The van der Waals surface area contributed by atoms with Gasteiger partial charge in [0.1, 0.15) is 5.82 Å². The van der Waals surface area contributed by atoms with E-state index in [1.54, 1.807) is 6.07 Å². The van der Waals surface area contributed by atoms with Gasteiger partial charge in [-0.05, 0) is 48.5 Å². The van der Waals surface area contributed by atoms with Crippen LogP contribution in [0.3, 0.4) is 0 Å². The molecule has 0 saturated heterocycles. The molecule has 0 aliphatic carbocycles. The van der Waals surface area contributed by atoms with Gasteiger partial charge >= 0.3 is 0 Å². The van der Waals surface area contributed by atoms with Gasteiger partial charge in [0.25, 0.3) is 0 Å². The summed E-state index contributed by atoms with van der Waals surface area (Å²) in [5, 5.41) is 5.37. The van der Waals surface area contributed by atoms with Gasteiger partial charge < -0.3 is 16.8 Å². The maximum Gasteiger partial charge on any atom is 0.222 e. The molecule has 2 heterocycles. The highest BCUT2D eigenvalue weighted by Gasteiger charge is 2.10. The first-order valence-electron chi connectivity index (χ1n) is 10.1. The first-order chi connectivity index (χ1) is 15.9. The average Bonchev–Trinajstić information content (AvgIpc) is 2.79. The first kappa shape index (κ1) is 21.0. The number of halogens is 2. The van der Waals surface area contributed by atoms with E-state index in [1.807, 2.05) is 72.8 Å². The Labute approximate surface area is 200 Å². The lowest BCUT2D eigenvalue weighted by atomic mass is 10.1. The average molecular weight is 473 g/mol. The Balaban J connectivity index is 1.49. The summed E-state index contributed by atoms with van der Waals surface area (Å²) in [4.78, 5) is 13.4. The largest absolute Gasteiger partial charge is 0.398 e. The van der Waals surface area contributed by atoms with Gasteiger partial charge in [0.05, 0.1) is 16.9 Å². The summed E-state index contributed by atoms with van der Waals surface area (Å²) in [5.74, 6) is 0.710. The fraction of sp³-hybridized carbons (Fsp3) is 0. The van der Waals surface area contributed by atoms with E-state index in [0.29, 0.717) is 27.2 Å². The van der Waals surface area contributed by atoms with Crippen molar-refractivity contribution < 1.29 is 0 Å². The molecular formula is C25H18Cl2N6. The van der Waals surface area contributed by atoms with E-state index in [2.05, 4.69) is 15.3 Å². The van der Waals surface area contributed by atoms with Gasteiger partial charge in [-0.3, -0.25) is 0 Å². The summed E-state index contributed by atoms with van der Waals surface area (Å²) in [7, 11) is 0. The van der Waals surface area contributed by atoms with Crippen LogP contribution in [0.15, 0.2) is 78.9 Å². The van der Waals surface area contributed by atoms with Gasteiger partial charge in [-0.25, -0.2) is 9.97 Å². The van der Waals surface area contributed by atoms with Crippen molar-refractivity contribution in [1.29, 1.82) is 0 Å². The molecule has 5 rings (SSSR count). The molecule has 0 unspecified atom stereocenters. The van der Waals surface area contributed by atoms with Crippen LogP contribution in [-0.2, 0) is 0 Å². The third-order valence-electron chi connectivity index (χ3n) is 5.10. The summed E-state index contributed by atoms with van der Waals surface area (Å²) in [6.45, 7) is 0. The summed E-state index contributed by atoms with van der Waals surface area (Å²) in [5.41, 5.74) is 17.7. The van der Waals surface area contributed by atoms with E-state index in [0.717, 1.165) is 33.4 Å². The number of fused-ring (bicyclic) bond motifs is 1. The second kappa shape index (κ2) is 8.58. The minimum atomic E-state index is 0.156. The van der Waals surface area contributed by atoms with Crippen LogP contribution in [0.5, 0.6) is 0 Å². The van der Waals surface area contributed by atoms with Gasteiger partial charge in [-0.2, -0.15) is 4.98 Å². The van der Waals surface area contributed by atoms with Gasteiger partial charge in [-0.15, -0.1) is 0 Å². The predicted molar refractivity (Wildman–Crippen MR) is 137 cm³/mol. The second-order valence-electron chi connectivity index (χ2n) is 7.47. The van der Waals surface area contributed by atoms with E-state index >= 15 is 0 Å². The van der Waals surface area contributed by atoms with E-state index in [-0.39, 0.29) is 5.95 Å². The molecule has 0 spiro atoms. The maximum atomic E-state index is 6.37. The number of pyridine rings is 1. The molecule has 0 saturated carbocycles. The van der Waals surface area contributed by atoms with E-state index in [4.69, 9.17) is 39.7 Å². The van der Waals surface area contributed by atoms with Gasteiger partial charge in [0.15, 0.2) is 0 Å². The topological polar surface area (TPSA) is 103 Å². The standard InChI is InChI=1S/C25H18Cl2N6/c26-16-5-1-3-14(9-16)22-12-20(28)19-11-18(7-8-21(19)31-22)30-24-13-23(32-25(29)33-24)15-4-2-6-17(27)10-15/h1-13H,(H2,28,31)(H3,29,30,32,33). The zero-order chi connectivity index (χ0) is 22.9. The molecule has 0 amide bonds. The fourth-order valence-corrected chi connectivity index (χ4v) is 3.98. The lowest BCUT2D eigenvalue weighted by Crippen LogP contribution is -2.02. The second-order valence-corrected chi connectivity index (χ2v) is 8.34. The van der Waals surface area contributed by atoms with E-state index in [1.165, 1.54) is 0 Å². The van der Waals surface area contributed by atoms with Crippen LogP contribution in [0, 0.1) is 0 Å². The van der Waals surface area contributed by atoms with Crippen molar-refractivity contribution in [3.05, 3.63) is 88.9 Å². The quantitative estimate of drug-likeness (QED) is 0.273. The number of aromatic nitrogens is 3. The van der Waals surface area contributed by atoms with Gasteiger partial charge in [-0.1, -0.05) is 47.5 Å². The predicted octanol–water partition coefficient (Wildman–Crippen LogP) is 6.57. The van der Waals surface area contributed by atoms with Crippen molar-refractivity contribution in [2.45, 2.75) is 0 Å². The highest BCUT2D eigenvalue weighted by Crippen LogP contribution is 2.31. The van der Waals surface area contributed by atoms with Crippen LogP contribution in [0.25, 0.3) is 33.4 Å². The molecule has 5 N–H and O–H groups in total. The summed E-state index contributed by atoms with van der Waals surface area (Å²) >= 11 is 12.2. The Morgan fingerprint density at radius 1 is 0.667 bits per heavy atom. The number of rotatable bonds is 4. The SMILES string of the molecule is Nc1nc(Nc2ccc3nc(-c4cccc(Cl)c4)cc(N)c3c2)cc(-c2cccc(Cl)c2)n1. The zero-order valence-electron chi connectivity index (χ0n) is 17.3. The lowest BCUT2D eigenvalue weighted by molar-refractivity contribution is 1.19. The molecule has 2 aromatic heterocycles. The number of hydrogen-bond acceptors (Lipinski definition) is 6. The van der Waals surface area contributed by atoms with E-state index in [9.17, 15) is 0 Å². The molecule has 0 aliphatic rings. The Morgan fingerprint density at radius 3 is 2.00 bits per heavy atom. The molecular weight excluding hydrogens is 455 g/mol. The van der Waals surface area contributed by atoms with Crippen molar-refractivity contribution in [2.75, 3.05) is 16.8 Å². The van der Waals surface area contributed by atoms with Gasteiger partial charge in [0, 0.05) is 44.0 Å². The van der Waals surface area contributed by atoms with Crippen molar-refractivity contribution in [1.82, 2.24) is 15.0 Å². The normalized spacial score (nSPS) is 11.0. The number of nitrogens with one attached hydrogen (secondary N) is 1. The highest BCUT2D eigenvalue weighted by molar-refractivity contribution is 6.31. The van der Waals surface area contributed by atoms with Crippen LogP contribution in [-0.4, -0.2) is 15.0 Å². The molecule has 5 aromatic rings. The number of nitrogens with zero attached hydrogens (tertiary/aromatic N) is 3. The third kappa shape index (κ3) is 4.53. The first-order valence-corrected chi connectivity index (χ1v) is 10.8. The molecule has 162 valence electrons.